The number of aromatic hydroxyl groups is 1. The molecule has 1 atom stereocenters. The minimum atomic E-state index is 0.176. The average Bonchev–Trinajstić information content (AvgIpc) is 2.44. The lowest BCUT2D eigenvalue weighted by atomic mass is 9.79. The SMILES string of the molecule is C[C@]1(c2cccc(O)c2)CCCCNC1. The van der Waals surface area contributed by atoms with Crippen molar-refractivity contribution in [2.45, 2.75) is 31.6 Å². The molecular weight excluding hydrogens is 186 g/mol. The zero-order chi connectivity index (χ0) is 10.7. The second-order valence-corrected chi connectivity index (χ2v) is 4.74. The Kier molecular flexibility index (Phi) is 2.96. The zero-order valence-electron chi connectivity index (χ0n) is 9.29. The minimum absolute atomic E-state index is 0.176. The van der Waals surface area contributed by atoms with Gasteiger partial charge in [0.25, 0.3) is 0 Å². The Balaban J connectivity index is 2.26. The zero-order valence-corrected chi connectivity index (χ0v) is 9.29. The second kappa shape index (κ2) is 4.23. The molecule has 1 aliphatic heterocycles. The Labute approximate surface area is 91.3 Å². The molecule has 0 spiro atoms. The Hall–Kier alpha value is -1.02. The quantitative estimate of drug-likeness (QED) is 0.738. The van der Waals surface area contributed by atoms with Crippen molar-refractivity contribution in [3.8, 4) is 5.75 Å². The lowest BCUT2D eigenvalue weighted by Gasteiger charge is -2.28. The van der Waals surface area contributed by atoms with Crippen LogP contribution >= 0.6 is 0 Å². The number of benzene rings is 1. The molecule has 82 valence electrons. The third kappa shape index (κ3) is 2.32. The maximum atomic E-state index is 9.51. The standard InChI is InChI=1S/C13H19NO/c1-13(7-2-3-8-14-10-13)11-5-4-6-12(15)9-11/h4-6,9,14-15H,2-3,7-8,10H2,1H3/t13-/m0/s1. The summed E-state index contributed by atoms with van der Waals surface area (Å²) in [5.41, 5.74) is 1.42. The first-order valence-electron chi connectivity index (χ1n) is 5.71. The molecule has 2 heteroatoms. The van der Waals surface area contributed by atoms with Crippen LogP contribution in [0.1, 0.15) is 31.7 Å². The predicted octanol–water partition coefficient (Wildman–Crippen LogP) is 2.42. The molecular formula is C13H19NO. The molecule has 1 saturated heterocycles. The van der Waals surface area contributed by atoms with Crippen molar-refractivity contribution < 1.29 is 5.11 Å². The summed E-state index contributed by atoms with van der Waals surface area (Å²) in [5.74, 6) is 0.373. The smallest absolute Gasteiger partial charge is 0.115 e. The van der Waals surface area contributed by atoms with E-state index in [4.69, 9.17) is 0 Å². The maximum absolute atomic E-state index is 9.51. The summed E-state index contributed by atoms with van der Waals surface area (Å²) < 4.78 is 0. The van der Waals surface area contributed by atoms with Gasteiger partial charge in [-0.2, -0.15) is 0 Å². The minimum Gasteiger partial charge on any atom is -0.508 e. The van der Waals surface area contributed by atoms with Crippen LogP contribution in [0.5, 0.6) is 5.75 Å². The number of phenolic OH excluding ortho intramolecular Hbond substituents is 1. The van der Waals surface area contributed by atoms with Crippen LogP contribution in [-0.4, -0.2) is 18.2 Å². The molecule has 0 bridgehead atoms. The van der Waals surface area contributed by atoms with Gasteiger partial charge in [-0.1, -0.05) is 25.5 Å². The highest BCUT2D eigenvalue weighted by Gasteiger charge is 2.27. The van der Waals surface area contributed by atoms with Gasteiger partial charge in [0.2, 0.25) is 0 Å². The van der Waals surface area contributed by atoms with E-state index in [1.165, 1.54) is 24.8 Å². The third-order valence-electron chi connectivity index (χ3n) is 3.39. The topological polar surface area (TPSA) is 32.3 Å². The Morgan fingerprint density at radius 3 is 3.00 bits per heavy atom. The molecule has 0 amide bonds. The number of hydrogen-bond acceptors (Lipinski definition) is 2. The fourth-order valence-electron chi connectivity index (χ4n) is 2.35. The molecule has 1 fully saturated rings. The number of rotatable bonds is 1. The fraction of sp³-hybridized carbons (Fsp3) is 0.538. The third-order valence-corrected chi connectivity index (χ3v) is 3.39. The molecule has 0 saturated carbocycles. The molecule has 15 heavy (non-hydrogen) atoms. The van der Waals surface area contributed by atoms with Crippen molar-refractivity contribution in [2.24, 2.45) is 0 Å². The van der Waals surface area contributed by atoms with E-state index in [1.54, 1.807) is 6.07 Å². The van der Waals surface area contributed by atoms with Gasteiger partial charge in [0.1, 0.15) is 5.75 Å². The van der Waals surface area contributed by atoms with Gasteiger partial charge in [-0.3, -0.25) is 0 Å². The highest BCUT2D eigenvalue weighted by atomic mass is 16.3. The largest absolute Gasteiger partial charge is 0.508 e. The second-order valence-electron chi connectivity index (χ2n) is 4.74. The van der Waals surface area contributed by atoms with E-state index in [2.05, 4.69) is 18.3 Å². The van der Waals surface area contributed by atoms with Gasteiger partial charge in [0.15, 0.2) is 0 Å². The van der Waals surface area contributed by atoms with Crippen LogP contribution in [0.4, 0.5) is 0 Å². The van der Waals surface area contributed by atoms with Gasteiger partial charge in [-0.05, 0) is 37.1 Å². The molecule has 0 aromatic heterocycles. The van der Waals surface area contributed by atoms with Gasteiger partial charge in [-0.15, -0.1) is 0 Å². The lowest BCUT2D eigenvalue weighted by Crippen LogP contribution is -2.33. The van der Waals surface area contributed by atoms with Gasteiger partial charge < -0.3 is 10.4 Å². The van der Waals surface area contributed by atoms with Crippen LogP contribution < -0.4 is 5.32 Å². The van der Waals surface area contributed by atoms with Gasteiger partial charge in [-0.25, -0.2) is 0 Å². The number of phenols is 1. The first kappa shape index (κ1) is 10.5. The van der Waals surface area contributed by atoms with E-state index in [9.17, 15) is 5.11 Å². The molecule has 1 aromatic carbocycles. The van der Waals surface area contributed by atoms with Crippen LogP contribution in [0.2, 0.25) is 0 Å². The van der Waals surface area contributed by atoms with Crippen molar-refractivity contribution in [3.63, 3.8) is 0 Å². The molecule has 2 rings (SSSR count). The van der Waals surface area contributed by atoms with Crippen LogP contribution in [0.3, 0.4) is 0 Å². The van der Waals surface area contributed by atoms with Crippen molar-refractivity contribution in [1.29, 1.82) is 0 Å². The van der Waals surface area contributed by atoms with Crippen LogP contribution in [0, 0.1) is 0 Å². The fourth-order valence-corrected chi connectivity index (χ4v) is 2.35. The van der Waals surface area contributed by atoms with Crippen LogP contribution in [0.15, 0.2) is 24.3 Å². The molecule has 2 N–H and O–H groups in total. The summed E-state index contributed by atoms with van der Waals surface area (Å²) in [5, 5.41) is 13.0. The van der Waals surface area contributed by atoms with E-state index in [0.29, 0.717) is 5.75 Å². The predicted molar refractivity (Wildman–Crippen MR) is 62.2 cm³/mol. The van der Waals surface area contributed by atoms with E-state index in [1.807, 2.05) is 12.1 Å². The molecule has 1 heterocycles. The highest BCUT2D eigenvalue weighted by Crippen LogP contribution is 2.32. The Bertz CT molecular complexity index is 327. The van der Waals surface area contributed by atoms with Crippen LogP contribution in [0.25, 0.3) is 0 Å². The van der Waals surface area contributed by atoms with E-state index < -0.39 is 0 Å². The maximum Gasteiger partial charge on any atom is 0.115 e. The van der Waals surface area contributed by atoms with Crippen LogP contribution in [-0.2, 0) is 5.41 Å². The summed E-state index contributed by atoms with van der Waals surface area (Å²) in [6.45, 7) is 4.41. The Morgan fingerprint density at radius 1 is 1.33 bits per heavy atom. The lowest BCUT2D eigenvalue weighted by molar-refractivity contribution is 0.423. The summed E-state index contributed by atoms with van der Waals surface area (Å²) in [6.07, 6.45) is 3.72. The van der Waals surface area contributed by atoms with Gasteiger partial charge >= 0.3 is 0 Å². The van der Waals surface area contributed by atoms with E-state index in [0.717, 1.165) is 13.1 Å². The van der Waals surface area contributed by atoms with Crippen molar-refractivity contribution in [2.75, 3.05) is 13.1 Å². The van der Waals surface area contributed by atoms with Crippen molar-refractivity contribution in [1.82, 2.24) is 5.32 Å². The summed E-state index contributed by atoms with van der Waals surface area (Å²) in [7, 11) is 0. The molecule has 0 unspecified atom stereocenters. The van der Waals surface area contributed by atoms with E-state index >= 15 is 0 Å². The average molecular weight is 205 g/mol. The van der Waals surface area contributed by atoms with Gasteiger partial charge in [0.05, 0.1) is 0 Å². The molecule has 1 aliphatic rings. The summed E-state index contributed by atoms with van der Waals surface area (Å²) >= 11 is 0. The normalized spacial score (nSPS) is 27.3. The van der Waals surface area contributed by atoms with Crippen molar-refractivity contribution in [3.05, 3.63) is 29.8 Å². The van der Waals surface area contributed by atoms with Gasteiger partial charge in [0, 0.05) is 12.0 Å². The summed E-state index contributed by atoms with van der Waals surface area (Å²) in [4.78, 5) is 0. The first-order chi connectivity index (χ1) is 7.21. The Morgan fingerprint density at radius 2 is 2.20 bits per heavy atom. The number of nitrogens with one attached hydrogen (secondary N) is 1. The first-order valence-corrected chi connectivity index (χ1v) is 5.71. The number of hydrogen-bond donors (Lipinski definition) is 2. The van der Waals surface area contributed by atoms with E-state index in [-0.39, 0.29) is 5.41 Å². The molecule has 0 radical (unpaired) electrons. The molecule has 2 nitrogen and oxygen atoms in total. The monoisotopic (exact) mass is 205 g/mol. The van der Waals surface area contributed by atoms with Crippen molar-refractivity contribution >= 4 is 0 Å². The summed E-state index contributed by atoms with van der Waals surface area (Å²) in [6, 6.07) is 7.68. The molecule has 1 aromatic rings. The molecule has 0 aliphatic carbocycles. The highest BCUT2D eigenvalue weighted by molar-refractivity contribution is 5.33.